The minimum Gasteiger partial charge on any atom is -0.488 e. The maximum atomic E-state index is 12.2. The molecular weight excluding hydrogens is 352 g/mol. The Balaban J connectivity index is 1.89. The van der Waals surface area contributed by atoms with Crippen molar-refractivity contribution < 1.29 is 14.4 Å². The van der Waals surface area contributed by atoms with Gasteiger partial charge in [0.25, 0.3) is 5.91 Å². The van der Waals surface area contributed by atoms with Gasteiger partial charge in [0.2, 0.25) is 0 Å². The summed E-state index contributed by atoms with van der Waals surface area (Å²) in [6.45, 7) is 0.291. The standard InChI is InChI=1S/C23H22N2O3/c1-24-23(26)22(25-27-2)20-14-7-6-12-18(20)16-28-21-15-9-8-13-19(21)17-10-4-3-5-11-17/h3-15H,16H2,1-2H3,(H,24,26)/b25-22+. The predicted molar refractivity (Wildman–Crippen MR) is 110 cm³/mol. The number of hydrogen-bond donors (Lipinski definition) is 1. The van der Waals surface area contributed by atoms with Crippen molar-refractivity contribution in [3.05, 3.63) is 90.0 Å². The SMILES string of the molecule is CNC(=O)/C(=N/OC)c1ccccc1COc1ccccc1-c1ccccc1. The van der Waals surface area contributed by atoms with Gasteiger partial charge >= 0.3 is 0 Å². The normalized spacial score (nSPS) is 11.0. The van der Waals surface area contributed by atoms with E-state index in [2.05, 4.69) is 10.5 Å². The second kappa shape index (κ2) is 9.37. The van der Waals surface area contributed by atoms with Gasteiger partial charge in [0.05, 0.1) is 0 Å². The van der Waals surface area contributed by atoms with E-state index in [4.69, 9.17) is 9.57 Å². The van der Waals surface area contributed by atoms with Crippen LogP contribution in [-0.2, 0) is 16.2 Å². The molecule has 5 heteroatoms. The van der Waals surface area contributed by atoms with Crippen LogP contribution >= 0.6 is 0 Å². The van der Waals surface area contributed by atoms with Crippen LogP contribution in [0, 0.1) is 0 Å². The lowest BCUT2D eigenvalue weighted by molar-refractivity contribution is -0.114. The van der Waals surface area contributed by atoms with Crippen molar-refractivity contribution in [3.63, 3.8) is 0 Å². The number of nitrogens with one attached hydrogen (secondary N) is 1. The fraction of sp³-hybridized carbons (Fsp3) is 0.130. The number of nitrogens with zero attached hydrogens (tertiary/aromatic N) is 1. The molecule has 0 unspecified atom stereocenters. The van der Waals surface area contributed by atoms with E-state index in [9.17, 15) is 4.79 Å². The minimum absolute atomic E-state index is 0.209. The highest BCUT2D eigenvalue weighted by Gasteiger charge is 2.17. The summed E-state index contributed by atoms with van der Waals surface area (Å²) < 4.78 is 6.13. The highest BCUT2D eigenvalue weighted by molar-refractivity contribution is 6.45. The van der Waals surface area contributed by atoms with Gasteiger partial charge in [-0.05, 0) is 17.2 Å². The molecule has 0 saturated carbocycles. The molecule has 1 amide bonds. The third kappa shape index (κ3) is 4.38. The molecule has 0 fully saturated rings. The van der Waals surface area contributed by atoms with Gasteiger partial charge in [-0.15, -0.1) is 0 Å². The number of para-hydroxylation sites is 1. The van der Waals surface area contributed by atoms with Crippen LogP contribution < -0.4 is 10.1 Å². The number of hydrogen-bond acceptors (Lipinski definition) is 4. The summed E-state index contributed by atoms with van der Waals surface area (Å²) in [7, 11) is 2.97. The highest BCUT2D eigenvalue weighted by atomic mass is 16.6. The first-order valence-electron chi connectivity index (χ1n) is 8.93. The zero-order chi connectivity index (χ0) is 19.8. The van der Waals surface area contributed by atoms with Gasteiger partial charge in [-0.3, -0.25) is 4.79 Å². The molecular formula is C23H22N2O3. The maximum Gasteiger partial charge on any atom is 0.273 e. The fourth-order valence-corrected chi connectivity index (χ4v) is 2.90. The second-order valence-corrected chi connectivity index (χ2v) is 6.01. The van der Waals surface area contributed by atoms with Gasteiger partial charge in [-0.25, -0.2) is 0 Å². The molecule has 0 aliphatic heterocycles. The Morgan fingerprint density at radius 2 is 1.61 bits per heavy atom. The van der Waals surface area contributed by atoms with Crippen LogP contribution in [0.1, 0.15) is 11.1 Å². The molecule has 28 heavy (non-hydrogen) atoms. The Bertz CT molecular complexity index is 968. The molecule has 0 bridgehead atoms. The predicted octanol–water partition coefficient (Wildman–Crippen LogP) is 4.03. The van der Waals surface area contributed by atoms with Crippen LogP contribution in [0.2, 0.25) is 0 Å². The van der Waals surface area contributed by atoms with Crippen LogP contribution in [0.3, 0.4) is 0 Å². The van der Waals surface area contributed by atoms with E-state index < -0.39 is 0 Å². The second-order valence-electron chi connectivity index (χ2n) is 6.01. The van der Waals surface area contributed by atoms with E-state index >= 15 is 0 Å². The molecule has 0 aliphatic rings. The van der Waals surface area contributed by atoms with Crippen molar-refractivity contribution in [2.75, 3.05) is 14.2 Å². The van der Waals surface area contributed by atoms with Gasteiger partial charge in [0.1, 0.15) is 19.5 Å². The van der Waals surface area contributed by atoms with Crippen LogP contribution in [0.4, 0.5) is 0 Å². The summed E-state index contributed by atoms with van der Waals surface area (Å²) in [4.78, 5) is 17.1. The zero-order valence-electron chi connectivity index (χ0n) is 15.9. The Hall–Kier alpha value is -3.60. The Morgan fingerprint density at radius 1 is 0.929 bits per heavy atom. The molecule has 3 aromatic rings. The molecule has 142 valence electrons. The van der Waals surface area contributed by atoms with Crippen LogP contribution in [-0.4, -0.2) is 25.8 Å². The first-order chi connectivity index (χ1) is 13.7. The van der Waals surface area contributed by atoms with Gasteiger partial charge in [0, 0.05) is 18.2 Å². The molecule has 0 radical (unpaired) electrons. The van der Waals surface area contributed by atoms with E-state index in [0.29, 0.717) is 12.2 Å². The minimum atomic E-state index is -0.320. The van der Waals surface area contributed by atoms with Crippen molar-refractivity contribution in [3.8, 4) is 16.9 Å². The van der Waals surface area contributed by atoms with E-state index in [1.165, 1.54) is 7.11 Å². The fourth-order valence-electron chi connectivity index (χ4n) is 2.90. The number of carbonyl (C=O) groups excluding carboxylic acids is 1. The van der Waals surface area contributed by atoms with Gasteiger partial charge < -0.3 is 14.9 Å². The quantitative estimate of drug-likeness (QED) is 0.502. The summed E-state index contributed by atoms with van der Waals surface area (Å²) in [6, 6.07) is 25.5. The first kappa shape index (κ1) is 19.2. The molecule has 0 saturated heterocycles. The Labute approximate surface area is 164 Å². The first-order valence-corrected chi connectivity index (χ1v) is 8.93. The lowest BCUT2D eigenvalue weighted by Crippen LogP contribution is -2.29. The third-order valence-corrected chi connectivity index (χ3v) is 4.25. The molecule has 0 aliphatic carbocycles. The summed E-state index contributed by atoms with van der Waals surface area (Å²) >= 11 is 0. The maximum absolute atomic E-state index is 12.2. The molecule has 3 rings (SSSR count). The number of oxime groups is 1. The smallest absolute Gasteiger partial charge is 0.273 e. The average Bonchev–Trinajstić information content (AvgIpc) is 2.76. The van der Waals surface area contributed by atoms with Crippen LogP contribution in [0.5, 0.6) is 5.75 Å². The number of rotatable bonds is 7. The third-order valence-electron chi connectivity index (χ3n) is 4.25. The van der Waals surface area contributed by atoms with E-state index in [0.717, 1.165) is 22.4 Å². The van der Waals surface area contributed by atoms with Crippen LogP contribution in [0.15, 0.2) is 84.0 Å². The molecule has 0 spiro atoms. The average molecular weight is 374 g/mol. The highest BCUT2D eigenvalue weighted by Crippen LogP contribution is 2.30. The van der Waals surface area contributed by atoms with Crippen molar-refractivity contribution in [1.29, 1.82) is 0 Å². The summed E-state index contributed by atoms with van der Waals surface area (Å²) in [6.07, 6.45) is 0. The number of likely N-dealkylation sites (N-methyl/N-ethyl adjacent to an activating group) is 1. The molecule has 1 N–H and O–H groups in total. The number of ether oxygens (including phenoxy) is 1. The Kier molecular flexibility index (Phi) is 6.41. The number of amides is 1. The summed E-state index contributed by atoms with van der Waals surface area (Å²) in [5, 5.41) is 6.48. The molecule has 0 aromatic heterocycles. The molecule has 0 atom stereocenters. The van der Waals surface area contributed by atoms with Crippen LogP contribution in [0.25, 0.3) is 11.1 Å². The van der Waals surface area contributed by atoms with Gasteiger partial charge in [-0.2, -0.15) is 0 Å². The number of benzene rings is 3. The van der Waals surface area contributed by atoms with Crippen molar-refractivity contribution in [2.45, 2.75) is 6.61 Å². The van der Waals surface area contributed by atoms with E-state index in [-0.39, 0.29) is 11.6 Å². The Morgan fingerprint density at radius 3 is 2.36 bits per heavy atom. The zero-order valence-corrected chi connectivity index (χ0v) is 15.9. The van der Waals surface area contributed by atoms with E-state index in [1.54, 1.807) is 7.05 Å². The van der Waals surface area contributed by atoms with Gasteiger partial charge in [0.15, 0.2) is 5.71 Å². The van der Waals surface area contributed by atoms with Crippen molar-refractivity contribution in [1.82, 2.24) is 5.32 Å². The summed E-state index contributed by atoms with van der Waals surface area (Å²) in [5.74, 6) is 0.452. The molecule has 5 nitrogen and oxygen atoms in total. The van der Waals surface area contributed by atoms with E-state index in [1.807, 2.05) is 78.9 Å². The van der Waals surface area contributed by atoms with Crippen molar-refractivity contribution >= 4 is 11.6 Å². The van der Waals surface area contributed by atoms with Gasteiger partial charge in [-0.1, -0.05) is 78.0 Å². The monoisotopic (exact) mass is 374 g/mol. The lowest BCUT2D eigenvalue weighted by Gasteiger charge is -2.14. The summed E-state index contributed by atoms with van der Waals surface area (Å²) in [5.41, 5.74) is 3.81. The molecule has 0 heterocycles. The number of carbonyl (C=O) groups is 1. The topological polar surface area (TPSA) is 59.9 Å². The molecule has 3 aromatic carbocycles. The largest absolute Gasteiger partial charge is 0.488 e. The lowest BCUT2D eigenvalue weighted by atomic mass is 10.0. The van der Waals surface area contributed by atoms with Crippen molar-refractivity contribution in [2.24, 2.45) is 5.16 Å².